The van der Waals surface area contributed by atoms with Crippen LogP contribution in [0.5, 0.6) is 0 Å². The first kappa shape index (κ1) is 22.3. The van der Waals surface area contributed by atoms with Crippen molar-refractivity contribution < 1.29 is 8.42 Å². The van der Waals surface area contributed by atoms with E-state index in [0.29, 0.717) is 19.6 Å². The third kappa shape index (κ3) is 6.27. The highest BCUT2D eigenvalue weighted by molar-refractivity contribution is 7.91. The molecule has 6 N–H and O–H groups in total. The number of nitrogens with zero attached hydrogens (tertiary/aromatic N) is 2. The minimum absolute atomic E-state index is 0.224. The van der Waals surface area contributed by atoms with Gasteiger partial charge in [-0.3, -0.25) is 4.98 Å². The number of pyridine rings is 1. The second-order valence-electron chi connectivity index (χ2n) is 6.81. The summed E-state index contributed by atoms with van der Waals surface area (Å²) in [7, 11) is -3.62. The molecule has 9 heteroatoms. The summed E-state index contributed by atoms with van der Waals surface area (Å²) in [4.78, 5) is 8.68. The number of aromatic nitrogens is 1. The number of hydrogen-bond donors (Lipinski definition) is 4. The van der Waals surface area contributed by atoms with E-state index in [4.69, 9.17) is 11.5 Å². The molecule has 0 amide bonds. The minimum Gasteiger partial charge on any atom is -0.385 e. The van der Waals surface area contributed by atoms with E-state index in [0.717, 1.165) is 23.4 Å². The Morgan fingerprint density at radius 1 is 0.968 bits per heavy atom. The van der Waals surface area contributed by atoms with Gasteiger partial charge in [0.15, 0.2) is 5.96 Å². The van der Waals surface area contributed by atoms with Crippen LogP contribution < -0.4 is 22.1 Å². The second kappa shape index (κ2) is 10.6. The van der Waals surface area contributed by atoms with Crippen molar-refractivity contribution in [3.63, 3.8) is 0 Å². The van der Waals surface area contributed by atoms with Crippen molar-refractivity contribution >= 4 is 27.2 Å². The summed E-state index contributed by atoms with van der Waals surface area (Å²) in [5.41, 5.74) is 13.8. The highest BCUT2D eigenvalue weighted by atomic mass is 32.2. The molecule has 0 fully saturated rings. The van der Waals surface area contributed by atoms with Crippen LogP contribution in [0.25, 0.3) is 0 Å². The molecule has 31 heavy (non-hydrogen) atoms. The number of guanidine groups is 1. The molecule has 0 aliphatic heterocycles. The largest absolute Gasteiger partial charge is 0.385 e. The summed E-state index contributed by atoms with van der Waals surface area (Å²) in [6.45, 7) is 1.59. The normalized spacial score (nSPS) is 11.8. The predicted molar refractivity (Wildman–Crippen MR) is 124 cm³/mol. The number of benzene rings is 2. The van der Waals surface area contributed by atoms with E-state index >= 15 is 0 Å². The topological polar surface area (TPSA) is 135 Å². The Morgan fingerprint density at radius 2 is 1.71 bits per heavy atom. The highest BCUT2D eigenvalue weighted by Gasteiger charge is 2.17. The zero-order valence-corrected chi connectivity index (χ0v) is 17.8. The van der Waals surface area contributed by atoms with Crippen molar-refractivity contribution in [2.45, 2.75) is 22.8 Å². The van der Waals surface area contributed by atoms with Crippen molar-refractivity contribution in [2.24, 2.45) is 16.5 Å². The molecule has 3 rings (SSSR count). The Kier molecular flexibility index (Phi) is 7.58. The van der Waals surface area contributed by atoms with Gasteiger partial charge in [-0.25, -0.2) is 13.4 Å². The Morgan fingerprint density at radius 3 is 2.42 bits per heavy atom. The lowest BCUT2D eigenvalue weighted by Gasteiger charge is -2.09. The maximum Gasteiger partial charge on any atom is 0.206 e. The lowest BCUT2D eigenvalue weighted by atomic mass is 10.2. The number of hydrogen-bond acceptors (Lipinski definition) is 6. The van der Waals surface area contributed by atoms with Crippen LogP contribution in [0.2, 0.25) is 0 Å². The first-order valence-corrected chi connectivity index (χ1v) is 11.3. The molecule has 1 heterocycles. The molecule has 1 aromatic heterocycles. The van der Waals surface area contributed by atoms with Crippen LogP contribution in [-0.2, 0) is 16.4 Å². The van der Waals surface area contributed by atoms with Crippen LogP contribution in [0.3, 0.4) is 0 Å². The average molecular weight is 439 g/mol. The predicted octanol–water partition coefficient (Wildman–Crippen LogP) is 2.60. The fourth-order valence-electron chi connectivity index (χ4n) is 2.82. The molecule has 0 saturated carbocycles. The van der Waals surface area contributed by atoms with Gasteiger partial charge in [-0.2, -0.15) is 0 Å². The number of nitrogens with two attached hydrogens (primary N) is 2. The van der Waals surface area contributed by atoms with Gasteiger partial charge in [-0.05, 0) is 61.0 Å². The van der Waals surface area contributed by atoms with Crippen molar-refractivity contribution in [1.82, 2.24) is 4.98 Å². The second-order valence-corrected chi connectivity index (χ2v) is 8.76. The number of sulfone groups is 1. The van der Waals surface area contributed by atoms with Gasteiger partial charge in [-0.1, -0.05) is 18.2 Å². The highest BCUT2D eigenvalue weighted by Crippen LogP contribution is 2.24. The van der Waals surface area contributed by atoms with E-state index in [1.54, 1.807) is 67.0 Å². The number of nitrogens with one attached hydrogen (secondary N) is 2. The Balaban J connectivity index is 1.67. The van der Waals surface area contributed by atoms with Gasteiger partial charge in [0.05, 0.1) is 16.3 Å². The molecular weight excluding hydrogens is 412 g/mol. The third-order valence-corrected chi connectivity index (χ3v) is 6.24. The first-order chi connectivity index (χ1) is 15.0. The average Bonchev–Trinajstić information content (AvgIpc) is 2.79. The summed E-state index contributed by atoms with van der Waals surface area (Å²) < 4.78 is 26.0. The van der Waals surface area contributed by atoms with Crippen LogP contribution in [0, 0.1) is 0 Å². The molecule has 0 aliphatic carbocycles. The molecule has 0 aliphatic rings. The molecule has 0 bridgehead atoms. The summed E-state index contributed by atoms with van der Waals surface area (Å²) in [5, 5.41) is 6.15. The SMILES string of the molecule is NCCCNc1cccc(S(=O)(=O)c2ccc(CN=C(N)Nc3ccncc3)cc2)c1. The van der Waals surface area contributed by atoms with E-state index in [9.17, 15) is 8.42 Å². The van der Waals surface area contributed by atoms with Crippen LogP contribution >= 0.6 is 0 Å². The lowest BCUT2D eigenvalue weighted by molar-refractivity contribution is 0.596. The Labute approximate surface area is 182 Å². The van der Waals surface area contributed by atoms with Crippen LogP contribution in [0.1, 0.15) is 12.0 Å². The van der Waals surface area contributed by atoms with Gasteiger partial charge in [-0.15, -0.1) is 0 Å². The minimum atomic E-state index is -3.62. The lowest BCUT2D eigenvalue weighted by Crippen LogP contribution is -2.22. The van der Waals surface area contributed by atoms with Crippen LogP contribution in [0.15, 0.2) is 87.8 Å². The van der Waals surface area contributed by atoms with E-state index in [2.05, 4.69) is 20.6 Å². The first-order valence-electron chi connectivity index (χ1n) is 9.84. The summed E-state index contributed by atoms with van der Waals surface area (Å²) in [5.74, 6) is 0.266. The van der Waals surface area contributed by atoms with Gasteiger partial charge in [0, 0.05) is 30.3 Å². The third-order valence-electron chi connectivity index (χ3n) is 4.47. The maximum absolute atomic E-state index is 13.0. The van der Waals surface area contributed by atoms with E-state index in [1.165, 1.54) is 0 Å². The van der Waals surface area contributed by atoms with Crippen molar-refractivity contribution in [3.8, 4) is 0 Å². The molecule has 3 aromatic rings. The van der Waals surface area contributed by atoms with Crippen LogP contribution in [0.4, 0.5) is 11.4 Å². The van der Waals surface area contributed by atoms with Gasteiger partial charge in [0.25, 0.3) is 0 Å². The standard InChI is InChI=1S/C22H26N6O2S/c23-11-2-12-26-19-3-1-4-21(15-19)31(29,30)20-7-5-17(6-8-20)16-27-22(24)28-18-9-13-25-14-10-18/h1,3-10,13-15,26H,2,11-12,16,23H2,(H3,24,25,27,28). The Bertz CT molecular complexity index is 1120. The zero-order valence-electron chi connectivity index (χ0n) is 17.0. The summed E-state index contributed by atoms with van der Waals surface area (Å²) in [6.07, 6.45) is 4.12. The molecule has 2 aromatic carbocycles. The van der Waals surface area contributed by atoms with Gasteiger partial charge in [0.2, 0.25) is 9.84 Å². The molecule has 0 radical (unpaired) electrons. The van der Waals surface area contributed by atoms with Gasteiger partial charge < -0.3 is 22.1 Å². The monoisotopic (exact) mass is 438 g/mol. The van der Waals surface area contributed by atoms with Crippen molar-refractivity contribution in [3.05, 3.63) is 78.6 Å². The van der Waals surface area contributed by atoms with Crippen LogP contribution in [-0.4, -0.2) is 32.5 Å². The fourth-order valence-corrected chi connectivity index (χ4v) is 4.12. The molecule has 162 valence electrons. The molecule has 0 atom stereocenters. The van der Waals surface area contributed by atoms with Crippen molar-refractivity contribution in [2.75, 3.05) is 23.7 Å². The smallest absolute Gasteiger partial charge is 0.206 e. The molecule has 0 unspecified atom stereocenters. The quantitative estimate of drug-likeness (QED) is 0.229. The molecular formula is C22H26N6O2S. The number of aliphatic imine (C=N–C) groups is 1. The Hall–Kier alpha value is -3.43. The fraction of sp³-hybridized carbons (Fsp3) is 0.182. The summed E-state index contributed by atoms with van der Waals surface area (Å²) >= 11 is 0. The maximum atomic E-state index is 13.0. The molecule has 0 saturated heterocycles. The number of rotatable bonds is 9. The zero-order chi connectivity index (χ0) is 22.1. The molecule has 8 nitrogen and oxygen atoms in total. The van der Waals surface area contributed by atoms with Crippen molar-refractivity contribution in [1.29, 1.82) is 0 Å². The summed E-state index contributed by atoms with van der Waals surface area (Å²) in [6, 6.07) is 17.0. The van der Waals surface area contributed by atoms with E-state index in [-0.39, 0.29) is 15.8 Å². The molecule has 0 spiro atoms. The van der Waals surface area contributed by atoms with Gasteiger partial charge in [0.1, 0.15) is 0 Å². The van der Waals surface area contributed by atoms with E-state index in [1.807, 2.05) is 6.07 Å². The number of anilines is 2. The van der Waals surface area contributed by atoms with Gasteiger partial charge >= 0.3 is 0 Å². The van der Waals surface area contributed by atoms with E-state index < -0.39 is 9.84 Å².